The van der Waals surface area contributed by atoms with Crippen LogP contribution in [0.3, 0.4) is 0 Å². The summed E-state index contributed by atoms with van der Waals surface area (Å²) in [7, 11) is 0. The zero-order chi connectivity index (χ0) is 15.2. The molecule has 2 amide bonds. The van der Waals surface area contributed by atoms with Gasteiger partial charge >= 0.3 is 6.03 Å². The number of non-ortho nitro benzene ring substituents is 1. The summed E-state index contributed by atoms with van der Waals surface area (Å²) >= 11 is 0. The van der Waals surface area contributed by atoms with E-state index < -0.39 is 4.92 Å². The summed E-state index contributed by atoms with van der Waals surface area (Å²) in [6, 6.07) is 7.63. The Morgan fingerprint density at radius 3 is 2.71 bits per heavy atom. The number of hydrogen-bond donors (Lipinski definition) is 1. The van der Waals surface area contributed by atoms with Gasteiger partial charge in [0, 0.05) is 44.0 Å². The molecule has 1 saturated heterocycles. The van der Waals surface area contributed by atoms with Gasteiger partial charge < -0.3 is 10.2 Å². The van der Waals surface area contributed by atoms with Gasteiger partial charge in [-0.3, -0.25) is 15.0 Å². The number of hydrogen-bond acceptors (Lipinski definition) is 5. The van der Waals surface area contributed by atoms with Crippen LogP contribution in [0.25, 0.3) is 0 Å². The van der Waals surface area contributed by atoms with Crippen molar-refractivity contribution in [3.63, 3.8) is 0 Å². The van der Waals surface area contributed by atoms with E-state index in [0.717, 1.165) is 0 Å². The largest absolute Gasteiger partial charge is 0.322 e. The van der Waals surface area contributed by atoms with E-state index in [0.29, 0.717) is 38.4 Å². The van der Waals surface area contributed by atoms with E-state index in [1.807, 2.05) is 4.90 Å². The summed E-state index contributed by atoms with van der Waals surface area (Å²) in [4.78, 5) is 25.9. The van der Waals surface area contributed by atoms with Crippen molar-refractivity contribution in [3.8, 4) is 6.07 Å². The highest BCUT2D eigenvalue weighted by Gasteiger charge is 2.21. The molecule has 8 heteroatoms. The summed E-state index contributed by atoms with van der Waals surface area (Å²) in [6.07, 6.45) is 0. The number of amides is 2. The molecule has 1 aliphatic heterocycles. The first-order valence-corrected chi connectivity index (χ1v) is 6.50. The molecule has 0 spiro atoms. The van der Waals surface area contributed by atoms with Crippen molar-refractivity contribution in [2.24, 2.45) is 0 Å². The minimum atomic E-state index is -0.504. The summed E-state index contributed by atoms with van der Waals surface area (Å²) in [5.74, 6) is 0. The van der Waals surface area contributed by atoms with Gasteiger partial charge in [-0.05, 0) is 6.07 Å². The van der Waals surface area contributed by atoms with Crippen LogP contribution < -0.4 is 5.32 Å². The first kappa shape index (κ1) is 14.7. The Hall–Kier alpha value is -2.66. The number of anilines is 1. The molecule has 21 heavy (non-hydrogen) atoms. The minimum Gasteiger partial charge on any atom is -0.322 e. The highest BCUT2D eigenvalue weighted by molar-refractivity contribution is 5.89. The number of nitrogens with zero attached hydrogens (tertiary/aromatic N) is 4. The third-order valence-corrected chi connectivity index (χ3v) is 3.26. The molecule has 0 bridgehead atoms. The van der Waals surface area contributed by atoms with Crippen LogP contribution in [0.5, 0.6) is 0 Å². The van der Waals surface area contributed by atoms with Crippen LogP contribution in [0.1, 0.15) is 0 Å². The van der Waals surface area contributed by atoms with E-state index in [-0.39, 0.29) is 11.7 Å². The van der Waals surface area contributed by atoms with Crippen LogP contribution in [0.4, 0.5) is 16.2 Å². The molecule has 2 rings (SSSR count). The lowest BCUT2D eigenvalue weighted by Gasteiger charge is -2.33. The van der Waals surface area contributed by atoms with Crippen LogP contribution in [0, 0.1) is 21.4 Å². The maximum atomic E-state index is 12.1. The second-order valence-electron chi connectivity index (χ2n) is 4.66. The number of rotatable bonds is 3. The fourth-order valence-corrected chi connectivity index (χ4v) is 2.11. The number of piperazine rings is 1. The second kappa shape index (κ2) is 6.67. The minimum absolute atomic E-state index is 0.0633. The molecule has 0 atom stereocenters. The van der Waals surface area contributed by atoms with Gasteiger partial charge in [-0.2, -0.15) is 5.26 Å². The van der Waals surface area contributed by atoms with Crippen molar-refractivity contribution in [2.75, 3.05) is 38.0 Å². The van der Waals surface area contributed by atoms with E-state index in [2.05, 4.69) is 11.4 Å². The van der Waals surface area contributed by atoms with Crippen LogP contribution in [0.2, 0.25) is 0 Å². The highest BCUT2D eigenvalue weighted by atomic mass is 16.6. The summed E-state index contributed by atoms with van der Waals surface area (Å²) in [5.41, 5.74) is 0.334. The van der Waals surface area contributed by atoms with Gasteiger partial charge in [-0.15, -0.1) is 0 Å². The fraction of sp³-hybridized carbons (Fsp3) is 0.385. The van der Waals surface area contributed by atoms with Crippen molar-refractivity contribution in [1.29, 1.82) is 5.26 Å². The van der Waals surface area contributed by atoms with Crippen LogP contribution in [-0.4, -0.2) is 53.5 Å². The van der Waals surface area contributed by atoms with Gasteiger partial charge in [0.2, 0.25) is 0 Å². The van der Waals surface area contributed by atoms with E-state index >= 15 is 0 Å². The Morgan fingerprint density at radius 1 is 1.38 bits per heavy atom. The molecule has 1 aliphatic rings. The Bertz CT molecular complexity index is 575. The molecule has 0 aromatic heterocycles. The fourth-order valence-electron chi connectivity index (χ4n) is 2.11. The first-order valence-electron chi connectivity index (χ1n) is 6.50. The molecule has 0 saturated carbocycles. The Labute approximate surface area is 121 Å². The van der Waals surface area contributed by atoms with E-state index in [4.69, 9.17) is 5.26 Å². The highest BCUT2D eigenvalue weighted by Crippen LogP contribution is 2.17. The molecule has 0 aliphatic carbocycles. The number of carbonyl (C=O) groups excluding carboxylic acids is 1. The monoisotopic (exact) mass is 289 g/mol. The second-order valence-corrected chi connectivity index (χ2v) is 4.66. The maximum absolute atomic E-state index is 12.1. The third-order valence-electron chi connectivity index (χ3n) is 3.26. The Balaban J connectivity index is 1.92. The van der Waals surface area contributed by atoms with Gasteiger partial charge in [0.1, 0.15) is 0 Å². The number of nitrogens with one attached hydrogen (secondary N) is 1. The van der Waals surface area contributed by atoms with Gasteiger partial charge in [-0.25, -0.2) is 4.79 Å². The van der Waals surface area contributed by atoms with Gasteiger partial charge in [0.25, 0.3) is 5.69 Å². The summed E-state index contributed by atoms with van der Waals surface area (Å²) < 4.78 is 0. The number of nitro benzene ring substituents is 1. The molecular formula is C13H15N5O3. The van der Waals surface area contributed by atoms with Gasteiger partial charge in [-0.1, -0.05) is 6.07 Å². The van der Waals surface area contributed by atoms with Gasteiger partial charge in [0.15, 0.2) is 0 Å². The third kappa shape index (κ3) is 3.90. The zero-order valence-electron chi connectivity index (χ0n) is 11.4. The lowest BCUT2D eigenvalue weighted by Crippen LogP contribution is -2.50. The lowest BCUT2D eigenvalue weighted by atomic mass is 10.3. The molecule has 0 unspecified atom stereocenters. The first-order chi connectivity index (χ1) is 10.1. The predicted octanol–water partition coefficient (Wildman–Crippen LogP) is 1.27. The van der Waals surface area contributed by atoms with Gasteiger partial charge in [0.05, 0.1) is 17.5 Å². The standard InChI is InChI=1S/C13H15N5O3/c14-4-5-16-6-8-17(9-7-16)13(19)15-11-2-1-3-12(10-11)18(20)21/h1-3,10H,5-9H2,(H,15,19). The molecule has 1 aromatic carbocycles. The maximum Gasteiger partial charge on any atom is 0.321 e. The Kier molecular flexibility index (Phi) is 4.68. The van der Waals surface area contributed by atoms with Crippen molar-refractivity contribution in [2.45, 2.75) is 0 Å². The number of benzene rings is 1. The average Bonchev–Trinajstić information content (AvgIpc) is 2.48. The van der Waals surface area contributed by atoms with E-state index in [1.54, 1.807) is 11.0 Å². The van der Waals surface area contributed by atoms with Crippen molar-refractivity contribution in [3.05, 3.63) is 34.4 Å². The van der Waals surface area contributed by atoms with Crippen molar-refractivity contribution < 1.29 is 9.72 Å². The smallest absolute Gasteiger partial charge is 0.321 e. The molecule has 1 N–H and O–H groups in total. The number of urea groups is 1. The van der Waals surface area contributed by atoms with Crippen LogP contribution in [0.15, 0.2) is 24.3 Å². The lowest BCUT2D eigenvalue weighted by molar-refractivity contribution is -0.384. The zero-order valence-corrected chi connectivity index (χ0v) is 11.4. The van der Waals surface area contributed by atoms with E-state index in [1.165, 1.54) is 18.2 Å². The SMILES string of the molecule is N#CCN1CCN(C(=O)Nc2cccc([N+](=O)[O-])c2)CC1. The topological polar surface area (TPSA) is 103 Å². The van der Waals surface area contributed by atoms with E-state index in [9.17, 15) is 14.9 Å². The molecule has 1 aromatic rings. The predicted molar refractivity (Wildman–Crippen MR) is 75.7 cm³/mol. The molecule has 0 radical (unpaired) electrons. The van der Waals surface area contributed by atoms with Crippen molar-refractivity contribution in [1.82, 2.24) is 9.80 Å². The normalized spacial score (nSPS) is 15.3. The van der Waals surface area contributed by atoms with Crippen molar-refractivity contribution >= 4 is 17.4 Å². The molecular weight excluding hydrogens is 274 g/mol. The van der Waals surface area contributed by atoms with Crippen LogP contribution >= 0.6 is 0 Å². The average molecular weight is 289 g/mol. The summed E-state index contributed by atoms with van der Waals surface area (Å²) in [6.45, 7) is 2.72. The summed E-state index contributed by atoms with van der Waals surface area (Å²) in [5, 5.41) is 22.0. The Morgan fingerprint density at radius 2 is 2.10 bits per heavy atom. The quantitative estimate of drug-likeness (QED) is 0.513. The number of nitriles is 1. The molecule has 1 heterocycles. The number of carbonyl (C=O) groups is 1. The number of nitro groups is 1. The molecule has 8 nitrogen and oxygen atoms in total. The van der Waals surface area contributed by atoms with Crippen LogP contribution in [-0.2, 0) is 0 Å². The molecule has 110 valence electrons. The molecule has 1 fully saturated rings.